The molecule has 0 amide bonds. The van der Waals surface area contributed by atoms with Crippen LogP contribution in [0.2, 0.25) is 18.1 Å². The Bertz CT molecular complexity index is 850. The SMILES string of the molecule is COc1ccc(COCC(C)(/C=C/CO[Si](C)(C)C(C)(C)C)c2ccccc2C)cc1. The molecule has 0 bridgehead atoms. The van der Waals surface area contributed by atoms with Gasteiger partial charge in [-0.15, -0.1) is 0 Å². The van der Waals surface area contributed by atoms with Crippen LogP contribution in [0.25, 0.3) is 0 Å². The summed E-state index contributed by atoms with van der Waals surface area (Å²) in [6.07, 6.45) is 4.43. The molecule has 0 saturated carbocycles. The first-order chi connectivity index (χ1) is 14.5. The molecule has 0 aliphatic heterocycles. The van der Waals surface area contributed by atoms with Gasteiger partial charge in [-0.05, 0) is 60.8 Å². The molecule has 0 aliphatic rings. The van der Waals surface area contributed by atoms with Crippen LogP contribution in [-0.4, -0.2) is 28.6 Å². The summed E-state index contributed by atoms with van der Waals surface area (Å²) in [6, 6.07) is 16.6. The molecule has 0 spiro atoms. The van der Waals surface area contributed by atoms with Gasteiger partial charge in [0.15, 0.2) is 8.32 Å². The Morgan fingerprint density at radius 3 is 2.16 bits per heavy atom. The largest absolute Gasteiger partial charge is 0.497 e. The van der Waals surface area contributed by atoms with Crippen LogP contribution in [0, 0.1) is 6.92 Å². The van der Waals surface area contributed by atoms with Crippen molar-refractivity contribution in [3.8, 4) is 5.75 Å². The molecule has 4 heteroatoms. The van der Waals surface area contributed by atoms with E-state index in [1.54, 1.807) is 7.11 Å². The van der Waals surface area contributed by atoms with E-state index in [-0.39, 0.29) is 10.5 Å². The first kappa shape index (κ1) is 25.4. The molecule has 31 heavy (non-hydrogen) atoms. The zero-order valence-electron chi connectivity index (χ0n) is 20.6. The molecule has 3 nitrogen and oxygen atoms in total. The standard InChI is InChI=1S/C27H40O3Si/c1-22-12-9-10-13-25(22)27(5,18-11-19-30-31(7,8)26(2,3)4)21-29-20-23-14-16-24(28-6)17-15-23/h9-18H,19-21H2,1-8H3/b18-11+. The van der Waals surface area contributed by atoms with E-state index < -0.39 is 8.32 Å². The second kappa shape index (κ2) is 10.6. The lowest BCUT2D eigenvalue weighted by Crippen LogP contribution is -2.40. The fraction of sp³-hybridized carbons (Fsp3) is 0.481. The average Bonchev–Trinajstić information content (AvgIpc) is 2.71. The first-order valence-corrected chi connectivity index (χ1v) is 14.0. The Kier molecular flexibility index (Phi) is 8.70. The normalized spacial score (nSPS) is 14.6. The molecular weight excluding hydrogens is 400 g/mol. The molecule has 0 aliphatic carbocycles. The first-order valence-electron chi connectivity index (χ1n) is 11.1. The van der Waals surface area contributed by atoms with Gasteiger partial charge in [0.05, 0.1) is 26.9 Å². The van der Waals surface area contributed by atoms with Gasteiger partial charge >= 0.3 is 0 Å². The van der Waals surface area contributed by atoms with E-state index >= 15 is 0 Å². The van der Waals surface area contributed by atoms with Crippen LogP contribution >= 0.6 is 0 Å². The van der Waals surface area contributed by atoms with Gasteiger partial charge in [0.25, 0.3) is 0 Å². The fourth-order valence-electron chi connectivity index (χ4n) is 3.31. The Labute approximate surface area is 190 Å². The number of ether oxygens (including phenoxy) is 2. The van der Waals surface area contributed by atoms with Crippen molar-refractivity contribution in [2.24, 2.45) is 0 Å². The summed E-state index contributed by atoms with van der Waals surface area (Å²) in [5.41, 5.74) is 3.47. The maximum atomic E-state index is 6.35. The number of hydrogen-bond acceptors (Lipinski definition) is 3. The van der Waals surface area contributed by atoms with Crippen molar-refractivity contribution >= 4 is 8.32 Å². The monoisotopic (exact) mass is 440 g/mol. The highest BCUT2D eigenvalue weighted by atomic mass is 28.4. The Hall–Kier alpha value is -1.88. The summed E-state index contributed by atoms with van der Waals surface area (Å²) < 4.78 is 17.8. The molecule has 1 unspecified atom stereocenters. The van der Waals surface area contributed by atoms with Crippen molar-refractivity contribution in [2.45, 2.75) is 64.8 Å². The molecular formula is C27H40O3Si. The minimum Gasteiger partial charge on any atom is -0.497 e. The van der Waals surface area contributed by atoms with Crippen molar-refractivity contribution in [1.29, 1.82) is 0 Å². The number of methoxy groups -OCH3 is 1. The van der Waals surface area contributed by atoms with Gasteiger partial charge in [0.1, 0.15) is 5.75 Å². The van der Waals surface area contributed by atoms with Crippen LogP contribution in [0.1, 0.15) is 44.4 Å². The average molecular weight is 441 g/mol. The van der Waals surface area contributed by atoms with Gasteiger partial charge in [0, 0.05) is 5.41 Å². The van der Waals surface area contributed by atoms with Crippen LogP contribution < -0.4 is 4.74 Å². The molecule has 0 fully saturated rings. The van der Waals surface area contributed by atoms with Crippen molar-refractivity contribution in [3.05, 3.63) is 77.4 Å². The molecule has 1 atom stereocenters. The summed E-state index contributed by atoms with van der Waals surface area (Å²) in [5.74, 6) is 0.859. The number of hydrogen-bond donors (Lipinski definition) is 0. The third-order valence-corrected chi connectivity index (χ3v) is 10.9. The Morgan fingerprint density at radius 2 is 1.58 bits per heavy atom. The van der Waals surface area contributed by atoms with E-state index in [1.165, 1.54) is 11.1 Å². The molecule has 2 aromatic rings. The summed E-state index contributed by atoms with van der Waals surface area (Å²) in [4.78, 5) is 0. The smallest absolute Gasteiger partial charge is 0.192 e. The fourth-order valence-corrected chi connectivity index (χ4v) is 4.26. The van der Waals surface area contributed by atoms with Crippen LogP contribution in [0.15, 0.2) is 60.7 Å². The van der Waals surface area contributed by atoms with Gasteiger partial charge in [-0.1, -0.05) is 69.3 Å². The lowest BCUT2D eigenvalue weighted by molar-refractivity contribution is 0.0907. The summed E-state index contributed by atoms with van der Waals surface area (Å²) in [7, 11) is -0.0807. The second-order valence-corrected chi connectivity index (χ2v) is 14.9. The molecule has 2 rings (SSSR count). The lowest BCUT2D eigenvalue weighted by atomic mass is 9.80. The predicted molar refractivity (Wildman–Crippen MR) is 133 cm³/mol. The van der Waals surface area contributed by atoms with E-state index in [1.807, 2.05) is 24.3 Å². The van der Waals surface area contributed by atoms with E-state index in [9.17, 15) is 0 Å². The van der Waals surface area contributed by atoms with Crippen molar-refractivity contribution < 1.29 is 13.9 Å². The topological polar surface area (TPSA) is 27.7 Å². The van der Waals surface area contributed by atoms with Crippen LogP contribution in [0.3, 0.4) is 0 Å². The molecule has 0 heterocycles. The highest BCUT2D eigenvalue weighted by Crippen LogP contribution is 2.36. The highest BCUT2D eigenvalue weighted by molar-refractivity contribution is 6.74. The zero-order chi connectivity index (χ0) is 23.1. The van der Waals surface area contributed by atoms with Gasteiger partial charge in [-0.2, -0.15) is 0 Å². The van der Waals surface area contributed by atoms with E-state index in [0.29, 0.717) is 19.8 Å². The van der Waals surface area contributed by atoms with Crippen LogP contribution in [0.4, 0.5) is 0 Å². The minimum absolute atomic E-state index is 0.210. The number of rotatable bonds is 10. The maximum Gasteiger partial charge on any atom is 0.192 e. The molecule has 0 saturated heterocycles. The Balaban J connectivity index is 2.11. The van der Waals surface area contributed by atoms with Crippen molar-refractivity contribution in [1.82, 2.24) is 0 Å². The van der Waals surface area contributed by atoms with Gasteiger partial charge in [0.2, 0.25) is 0 Å². The number of benzene rings is 2. The van der Waals surface area contributed by atoms with E-state index in [0.717, 1.165) is 11.3 Å². The molecule has 0 radical (unpaired) electrons. The lowest BCUT2D eigenvalue weighted by Gasteiger charge is -2.36. The van der Waals surface area contributed by atoms with Crippen LogP contribution in [0.5, 0.6) is 5.75 Å². The summed E-state index contributed by atoms with van der Waals surface area (Å²) in [6.45, 7) is 17.6. The molecule has 170 valence electrons. The van der Waals surface area contributed by atoms with Gasteiger partial charge < -0.3 is 13.9 Å². The van der Waals surface area contributed by atoms with E-state index in [2.05, 4.69) is 84.1 Å². The van der Waals surface area contributed by atoms with Crippen molar-refractivity contribution in [2.75, 3.05) is 20.3 Å². The molecule has 0 N–H and O–H groups in total. The Morgan fingerprint density at radius 1 is 0.935 bits per heavy atom. The zero-order valence-corrected chi connectivity index (χ0v) is 21.6. The van der Waals surface area contributed by atoms with Gasteiger partial charge in [-0.3, -0.25) is 0 Å². The van der Waals surface area contributed by atoms with Crippen molar-refractivity contribution in [3.63, 3.8) is 0 Å². The number of aryl methyl sites for hydroxylation is 1. The predicted octanol–water partition coefficient (Wildman–Crippen LogP) is 7.06. The quantitative estimate of drug-likeness (QED) is 0.292. The third-order valence-electron chi connectivity index (χ3n) is 6.42. The molecule has 0 aromatic heterocycles. The second-order valence-electron chi connectivity index (χ2n) is 10.0. The highest BCUT2D eigenvalue weighted by Gasteiger charge is 2.36. The molecule has 2 aromatic carbocycles. The minimum atomic E-state index is -1.76. The third kappa shape index (κ3) is 7.06. The summed E-state index contributed by atoms with van der Waals surface area (Å²) in [5, 5.41) is 0.210. The maximum absolute atomic E-state index is 6.35. The van der Waals surface area contributed by atoms with Gasteiger partial charge in [-0.25, -0.2) is 0 Å². The van der Waals surface area contributed by atoms with Crippen LogP contribution in [-0.2, 0) is 21.2 Å². The van der Waals surface area contributed by atoms with E-state index in [4.69, 9.17) is 13.9 Å². The summed E-state index contributed by atoms with van der Waals surface area (Å²) >= 11 is 0.